The van der Waals surface area contributed by atoms with E-state index >= 15 is 0 Å². The summed E-state index contributed by atoms with van der Waals surface area (Å²) in [5, 5.41) is 2.64. The van der Waals surface area contributed by atoms with Crippen molar-refractivity contribution >= 4 is 23.3 Å². The molecule has 1 aromatic rings. The average Bonchev–Trinajstić information content (AvgIpc) is 2.95. The van der Waals surface area contributed by atoms with Crippen molar-refractivity contribution < 1.29 is 14.3 Å². The zero-order chi connectivity index (χ0) is 14.5. The van der Waals surface area contributed by atoms with Gasteiger partial charge in [-0.2, -0.15) is 0 Å². The summed E-state index contributed by atoms with van der Waals surface area (Å²) in [5.74, 6) is -0.0889. The number of aromatic nitrogens is 1. The number of hydrogen-bond acceptors (Lipinski definition) is 6. The summed E-state index contributed by atoms with van der Waals surface area (Å²) in [6, 6.07) is 0. The first-order chi connectivity index (χ1) is 9.65. The van der Waals surface area contributed by atoms with Gasteiger partial charge in [0.1, 0.15) is 5.69 Å². The Morgan fingerprint density at radius 3 is 2.60 bits per heavy atom. The molecule has 0 unspecified atom stereocenters. The van der Waals surface area contributed by atoms with E-state index in [2.05, 4.69) is 9.72 Å². The molecule has 0 aromatic carbocycles. The average molecular weight is 298 g/mol. The van der Waals surface area contributed by atoms with E-state index in [1.165, 1.54) is 18.4 Å². The molecule has 2 amide bonds. The molecule has 7 nitrogen and oxygen atoms in total. The third-order valence-electron chi connectivity index (χ3n) is 3.13. The van der Waals surface area contributed by atoms with Crippen LogP contribution in [0.4, 0.5) is 4.79 Å². The topological polar surface area (TPSA) is 88.8 Å². The van der Waals surface area contributed by atoms with Crippen LogP contribution in [0.5, 0.6) is 0 Å². The van der Waals surface area contributed by atoms with Crippen molar-refractivity contribution in [1.29, 1.82) is 0 Å². The second-order valence-corrected chi connectivity index (χ2v) is 5.36. The Kier molecular flexibility index (Phi) is 4.91. The summed E-state index contributed by atoms with van der Waals surface area (Å²) in [4.78, 5) is 31.2. The zero-order valence-corrected chi connectivity index (χ0v) is 12.2. The van der Waals surface area contributed by atoms with E-state index in [0.29, 0.717) is 44.8 Å². The molecular formula is C12H18N4O3S. The molecule has 8 heteroatoms. The maximum Gasteiger partial charge on any atom is 0.409 e. The molecule has 20 heavy (non-hydrogen) atoms. The monoisotopic (exact) mass is 298 g/mol. The van der Waals surface area contributed by atoms with Crippen LogP contribution in [0.2, 0.25) is 0 Å². The normalized spacial score (nSPS) is 15.3. The van der Waals surface area contributed by atoms with E-state index in [0.717, 1.165) is 5.01 Å². The SMILES string of the molecule is COC(=O)N1CCN(C(=O)c2csc(CCN)n2)CC1. The lowest BCUT2D eigenvalue weighted by Gasteiger charge is -2.33. The summed E-state index contributed by atoms with van der Waals surface area (Å²) in [6.45, 7) is 2.49. The smallest absolute Gasteiger partial charge is 0.409 e. The van der Waals surface area contributed by atoms with Gasteiger partial charge in [0.05, 0.1) is 12.1 Å². The first-order valence-corrected chi connectivity index (χ1v) is 7.30. The lowest BCUT2D eigenvalue weighted by atomic mass is 10.3. The van der Waals surface area contributed by atoms with Crippen LogP contribution in [0.25, 0.3) is 0 Å². The van der Waals surface area contributed by atoms with E-state index in [4.69, 9.17) is 5.73 Å². The zero-order valence-electron chi connectivity index (χ0n) is 11.4. The molecule has 2 N–H and O–H groups in total. The van der Waals surface area contributed by atoms with Crippen LogP contribution in [0.3, 0.4) is 0 Å². The van der Waals surface area contributed by atoms with Gasteiger partial charge < -0.3 is 20.3 Å². The summed E-state index contributed by atoms with van der Waals surface area (Å²) in [7, 11) is 1.36. The van der Waals surface area contributed by atoms with Gasteiger partial charge >= 0.3 is 6.09 Å². The molecule has 110 valence electrons. The fraction of sp³-hybridized carbons (Fsp3) is 0.583. The van der Waals surface area contributed by atoms with Crippen molar-refractivity contribution in [2.24, 2.45) is 5.73 Å². The summed E-state index contributed by atoms with van der Waals surface area (Å²) >= 11 is 1.45. The summed E-state index contributed by atoms with van der Waals surface area (Å²) in [6.07, 6.45) is 0.338. The summed E-state index contributed by atoms with van der Waals surface area (Å²) in [5.41, 5.74) is 5.93. The lowest BCUT2D eigenvalue weighted by molar-refractivity contribution is 0.0595. The second kappa shape index (κ2) is 6.67. The molecule has 1 aliphatic heterocycles. The number of rotatable bonds is 3. The van der Waals surface area contributed by atoms with Crippen LogP contribution in [0, 0.1) is 0 Å². The number of nitrogens with two attached hydrogens (primary N) is 1. The van der Waals surface area contributed by atoms with Gasteiger partial charge in [0.25, 0.3) is 5.91 Å². The highest BCUT2D eigenvalue weighted by Crippen LogP contribution is 2.14. The molecule has 0 bridgehead atoms. The molecule has 0 spiro atoms. The molecule has 2 heterocycles. The molecule has 0 atom stereocenters. The van der Waals surface area contributed by atoms with Crippen LogP contribution in [0.15, 0.2) is 5.38 Å². The van der Waals surface area contributed by atoms with Gasteiger partial charge in [0, 0.05) is 38.0 Å². The first kappa shape index (κ1) is 14.7. The van der Waals surface area contributed by atoms with Crippen molar-refractivity contribution in [3.8, 4) is 0 Å². The lowest BCUT2D eigenvalue weighted by Crippen LogP contribution is -2.50. The second-order valence-electron chi connectivity index (χ2n) is 4.41. The molecule has 1 aliphatic rings. The Morgan fingerprint density at radius 1 is 1.35 bits per heavy atom. The number of hydrogen-bond donors (Lipinski definition) is 1. The number of thiazole rings is 1. The molecule has 0 radical (unpaired) electrons. The third kappa shape index (κ3) is 3.26. The van der Waals surface area contributed by atoms with Crippen LogP contribution in [0.1, 0.15) is 15.5 Å². The van der Waals surface area contributed by atoms with Crippen molar-refractivity contribution in [3.63, 3.8) is 0 Å². The highest BCUT2D eigenvalue weighted by atomic mass is 32.1. The van der Waals surface area contributed by atoms with Crippen LogP contribution in [-0.2, 0) is 11.2 Å². The molecule has 2 rings (SSSR count). The highest BCUT2D eigenvalue weighted by molar-refractivity contribution is 7.09. The molecular weight excluding hydrogens is 280 g/mol. The first-order valence-electron chi connectivity index (χ1n) is 6.42. The fourth-order valence-corrected chi connectivity index (χ4v) is 2.82. The Labute approximate surface area is 121 Å². The van der Waals surface area contributed by atoms with Crippen molar-refractivity contribution in [1.82, 2.24) is 14.8 Å². The standard InChI is InChI=1S/C12H18N4O3S/c1-19-12(18)16-6-4-15(5-7-16)11(17)9-8-20-10(14-9)2-3-13/h8H,2-7,13H2,1H3. The quantitative estimate of drug-likeness (QED) is 0.859. The number of carbonyl (C=O) groups is 2. The van der Waals surface area contributed by atoms with Gasteiger partial charge in [-0.1, -0.05) is 0 Å². The van der Waals surface area contributed by atoms with Gasteiger partial charge in [0.15, 0.2) is 0 Å². The van der Waals surface area contributed by atoms with Crippen molar-refractivity contribution in [3.05, 3.63) is 16.1 Å². The summed E-state index contributed by atoms with van der Waals surface area (Å²) < 4.78 is 4.66. The Hall–Kier alpha value is -1.67. The van der Waals surface area contributed by atoms with E-state index in [1.807, 2.05) is 0 Å². The van der Waals surface area contributed by atoms with Crippen molar-refractivity contribution in [2.75, 3.05) is 39.8 Å². The molecule has 1 aromatic heterocycles. The maximum absolute atomic E-state index is 12.3. The van der Waals surface area contributed by atoms with Gasteiger partial charge in [-0.25, -0.2) is 9.78 Å². The maximum atomic E-state index is 12.3. The predicted octanol–water partition coefficient (Wildman–Crippen LogP) is 0.169. The minimum Gasteiger partial charge on any atom is -0.453 e. The Bertz CT molecular complexity index is 483. The van der Waals surface area contributed by atoms with E-state index < -0.39 is 0 Å². The largest absolute Gasteiger partial charge is 0.453 e. The van der Waals surface area contributed by atoms with Crippen LogP contribution < -0.4 is 5.73 Å². The number of methoxy groups -OCH3 is 1. The predicted molar refractivity (Wildman–Crippen MR) is 74.8 cm³/mol. The highest BCUT2D eigenvalue weighted by Gasteiger charge is 2.26. The van der Waals surface area contributed by atoms with Crippen molar-refractivity contribution in [2.45, 2.75) is 6.42 Å². The minimum absolute atomic E-state index is 0.0889. The van der Waals surface area contributed by atoms with Gasteiger partial charge in [0.2, 0.25) is 0 Å². The van der Waals surface area contributed by atoms with E-state index in [9.17, 15) is 9.59 Å². The Balaban J connectivity index is 1.92. The van der Waals surface area contributed by atoms with Gasteiger partial charge in [-0.3, -0.25) is 4.79 Å². The minimum atomic E-state index is -0.351. The number of amides is 2. The molecule has 0 saturated carbocycles. The fourth-order valence-electron chi connectivity index (χ4n) is 2.03. The van der Waals surface area contributed by atoms with Gasteiger partial charge in [-0.15, -0.1) is 11.3 Å². The Morgan fingerprint density at radius 2 is 2.00 bits per heavy atom. The molecule has 1 fully saturated rings. The van der Waals surface area contributed by atoms with E-state index in [-0.39, 0.29) is 12.0 Å². The van der Waals surface area contributed by atoms with Crippen LogP contribution >= 0.6 is 11.3 Å². The van der Waals surface area contributed by atoms with E-state index in [1.54, 1.807) is 15.2 Å². The number of carbonyl (C=O) groups excluding carboxylic acids is 2. The number of nitrogens with zero attached hydrogens (tertiary/aromatic N) is 3. The molecule has 0 aliphatic carbocycles. The van der Waals surface area contributed by atoms with Crippen LogP contribution in [-0.4, -0.2) is 66.6 Å². The third-order valence-corrected chi connectivity index (χ3v) is 4.04. The number of ether oxygens (including phenoxy) is 1. The molecule has 1 saturated heterocycles. The number of piperazine rings is 1. The van der Waals surface area contributed by atoms with Gasteiger partial charge in [-0.05, 0) is 6.54 Å².